The molecule has 0 saturated carbocycles. The summed E-state index contributed by atoms with van der Waals surface area (Å²) in [5, 5.41) is 11.2. The van der Waals surface area contributed by atoms with E-state index in [1.54, 1.807) is 24.3 Å². The van der Waals surface area contributed by atoms with Crippen LogP contribution in [0.1, 0.15) is 5.56 Å². The van der Waals surface area contributed by atoms with Crippen LogP contribution in [-0.4, -0.2) is 4.92 Å². The van der Waals surface area contributed by atoms with E-state index in [1.807, 2.05) is 13.0 Å². The van der Waals surface area contributed by atoms with Gasteiger partial charge in [-0.1, -0.05) is 6.07 Å². The Hall–Kier alpha value is -2.95. The van der Waals surface area contributed by atoms with Crippen LogP contribution < -0.4 is 5.43 Å². The van der Waals surface area contributed by atoms with E-state index in [2.05, 4.69) is 0 Å². The van der Waals surface area contributed by atoms with Crippen molar-refractivity contribution >= 4 is 16.7 Å². The highest BCUT2D eigenvalue weighted by molar-refractivity contribution is 5.79. The first kappa shape index (κ1) is 13.1. The lowest BCUT2D eigenvalue weighted by Gasteiger charge is -2.03. The summed E-state index contributed by atoms with van der Waals surface area (Å²) in [6, 6.07) is 12.7. The average molecular weight is 281 g/mol. The molecule has 0 radical (unpaired) electrons. The van der Waals surface area contributed by atoms with Gasteiger partial charge >= 0.3 is 0 Å². The standard InChI is InChI=1S/C16H11NO4/c1-10-2-7-13-14(18)9-15(21-16(13)8-10)11-3-5-12(6-4-11)17(19)20/h2-9H,1H3. The lowest BCUT2D eigenvalue weighted by molar-refractivity contribution is -0.384. The van der Waals surface area contributed by atoms with Crippen molar-refractivity contribution in [2.24, 2.45) is 0 Å². The van der Waals surface area contributed by atoms with Gasteiger partial charge in [-0.25, -0.2) is 0 Å². The molecule has 1 heterocycles. The highest BCUT2D eigenvalue weighted by atomic mass is 16.6. The van der Waals surface area contributed by atoms with E-state index in [-0.39, 0.29) is 11.1 Å². The van der Waals surface area contributed by atoms with Gasteiger partial charge < -0.3 is 4.42 Å². The Morgan fingerprint density at radius 1 is 1.05 bits per heavy atom. The van der Waals surface area contributed by atoms with E-state index < -0.39 is 4.92 Å². The number of hydrogen-bond acceptors (Lipinski definition) is 4. The smallest absolute Gasteiger partial charge is 0.269 e. The molecule has 104 valence electrons. The third kappa shape index (κ3) is 2.41. The molecule has 5 heteroatoms. The minimum atomic E-state index is -0.469. The van der Waals surface area contributed by atoms with Gasteiger partial charge in [0.15, 0.2) is 5.43 Å². The molecule has 0 amide bonds. The Morgan fingerprint density at radius 2 is 1.76 bits per heavy atom. The number of non-ortho nitro benzene ring substituents is 1. The van der Waals surface area contributed by atoms with Gasteiger partial charge in [0, 0.05) is 23.8 Å². The van der Waals surface area contributed by atoms with Gasteiger partial charge in [-0.2, -0.15) is 0 Å². The number of hydrogen-bond donors (Lipinski definition) is 0. The second-order valence-electron chi connectivity index (χ2n) is 4.78. The molecule has 0 aliphatic rings. The summed E-state index contributed by atoms with van der Waals surface area (Å²) in [4.78, 5) is 22.3. The maximum absolute atomic E-state index is 12.1. The van der Waals surface area contributed by atoms with Crippen LogP contribution in [0, 0.1) is 17.0 Å². The molecule has 0 aliphatic carbocycles. The monoisotopic (exact) mass is 281 g/mol. The molecule has 0 spiro atoms. The van der Waals surface area contributed by atoms with Gasteiger partial charge in [0.2, 0.25) is 0 Å². The number of aryl methyl sites for hydroxylation is 1. The van der Waals surface area contributed by atoms with E-state index in [0.29, 0.717) is 22.3 Å². The van der Waals surface area contributed by atoms with Crippen LogP contribution in [0.15, 0.2) is 57.7 Å². The number of nitro groups is 1. The third-order valence-corrected chi connectivity index (χ3v) is 3.25. The fourth-order valence-electron chi connectivity index (χ4n) is 2.15. The molecule has 0 bridgehead atoms. The quantitative estimate of drug-likeness (QED) is 0.530. The molecular weight excluding hydrogens is 270 g/mol. The second-order valence-corrected chi connectivity index (χ2v) is 4.78. The summed E-state index contributed by atoms with van der Waals surface area (Å²) in [5.41, 5.74) is 1.99. The first-order valence-electron chi connectivity index (χ1n) is 6.34. The molecule has 3 rings (SSSR count). The molecule has 2 aromatic carbocycles. The minimum absolute atomic E-state index is 0.00210. The molecule has 0 saturated heterocycles. The van der Waals surface area contributed by atoms with Crippen LogP contribution in [0.2, 0.25) is 0 Å². The Labute approximate surface area is 119 Å². The summed E-state index contributed by atoms with van der Waals surface area (Å²) < 4.78 is 5.74. The highest BCUT2D eigenvalue weighted by Crippen LogP contribution is 2.24. The van der Waals surface area contributed by atoms with Crippen molar-refractivity contribution in [3.63, 3.8) is 0 Å². The predicted octanol–water partition coefficient (Wildman–Crippen LogP) is 3.68. The van der Waals surface area contributed by atoms with Crippen molar-refractivity contribution in [2.45, 2.75) is 6.92 Å². The van der Waals surface area contributed by atoms with Crippen molar-refractivity contribution in [1.29, 1.82) is 0 Å². The Balaban J connectivity index is 2.16. The third-order valence-electron chi connectivity index (χ3n) is 3.25. The summed E-state index contributed by atoms with van der Waals surface area (Å²) in [6.45, 7) is 1.91. The lowest BCUT2D eigenvalue weighted by atomic mass is 10.1. The normalized spacial score (nSPS) is 10.7. The molecule has 3 aromatic rings. The van der Waals surface area contributed by atoms with Gasteiger partial charge in [-0.15, -0.1) is 0 Å². The predicted molar refractivity (Wildman–Crippen MR) is 79.3 cm³/mol. The van der Waals surface area contributed by atoms with Crippen molar-refractivity contribution in [3.05, 3.63) is 74.4 Å². The van der Waals surface area contributed by atoms with Crippen LogP contribution >= 0.6 is 0 Å². The Kier molecular flexibility index (Phi) is 3.02. The highest BCUT2D eigenvalue weighted by Gasteiger charge is 2.09. The fourth-order valence-corrected chi connectivity index (χ4v) is 2.15. The van der Waals surface area contributed by atoms with Crippen LogP contribution in [0.4, 0.5) is 5.69 Å². The average Bonchev–Trinajstić information content (AvgIpc) is 2.46. The molecule has 21 heavy (non-hydrogen) atoms. The summed E-state index contributed by atoms with van der Waals surface area (Å²) in [6.07, 6.45) is 0. The molecule has 0 N–H and O–H groups in total. The molecule has 0 aliphatic heterocycles. The van der Waals surface area contributed by atoms with Crippen LogP contribution in [-0.2, 0) is 0 Å². The molecular formula is C16H11NO4. The van der Waals surface area contributed by atoms with E-state index in [4.69, 9.17) is 4.42 Å². The van der Waals surface area contributed by atoms with Gasteiger partial charge in [0.25, 0.3) is 5.69 Å². The number of nitro benzene ring substituents is 1. The van der Waals surface area contributed by atoms with Crippen LogP contribution in [0.3, 0.4) is 0 Å². The number of benzene rings is 2. The SMILES string of the molecule is Cc1ccc2c(=O)cc(-c3ccc([N+](=O)[O-])cc3)oc2c1. The maximum atomic E-state index is 12.1. The zero-order valence-electron chi connectivity index (χ0n) is 11.2. The summed E-state index contributed by atoms with van der Waals surface area (Å²) >= 11 is 0. The van der Waals surface area contributed by atoms with E-state index >= 15 is 0 Å². The molecule has 0 fully saturated rings. The summed E-state index contributed by atoms with van der Waals surface area (Å²) in [5.74, 6) is 0.396. The molecule has 0 unspecified atom stereocenters. The van der Waals surface area contributed by atoms with Crippen molar-refractivity contribution in [3.8, 4) is 11.3 Å². The van der Waals surface area contributed by atoms with E-state index in [1.165, 1.54) is 18.2 Å². The zero-order chi connectivity index (χ0) is 15.0. The number of nitrogens with zero attached hydrogens (tertiary/aromatic N) is 1. The van der Waals surface area contributed by atoms with E-state index in [0.717, 1.165) is 5.56 Å². The first-order valence-corrected chi connectivity index (χ1v) is 6.34. The lowest BCUT2D eigenvalue weighted by Crippen LogP contribution is -2.00. The zero-order valence-corrected chi connectivity index (χ0v) is 11.2. The van der Waals surface area contributed by atoms with Gasteiger partial charge in [0.1, 0.15) is 11.3 Å². The van der Waals surface area contributed by atoms with Crippen molar-refractivity contribution < 1.29 is 9.34 Å². The first-order chi connectivity index (χ1) is 10.0. The molecule has 5 nitrogen and oxygen atoms in total. The Morgan fingerprint density at radius 3 is 2.43 bits per heavy atom. The largest absolute Gasteiger partial charge is 0.456 e. The number of fused-ring (bicyclic) bond motifs is 1. The maximum Gasteiger partial charge on any atom is 0.269 e. The van der Waals surface area contributed by atoms with Gasteiger partial charge in [-0.3, -0.25) is 14.9 Å². The fraction of sp³-hybridized carbons (Fsp3) is 0.0625. The van der Waals surface area contributed by atoms with Gasteiger partial charge in [-0.05, 0) is 36.8 Å². The number of rotatable bonds is 2. The van der Waals surface area contributed by atoms with Crippen molar-refractivity contribution in [2.75, 3.05) is 0 Å². The Bertz CT molecular complexity index is 894. The van der Waals surface area contributed by atoms with E-state index in [9.17, 15) is 14.9 Å². The molecule has 1 aromatic heterocycles. The van der Waals surface area contributed by atoms with Gasteiger partial charge in [0.05, 0.1) is 10.3 Å². The molecule has 0 atom stereocenters. The van der Waals surface area contributed by atoms with Crippen LogP contribution in [0.5, 0.6) is 0 Å². The summed E-state index contributed by atoms with van der Waals surface area (Å²) in [7, 11) is 0. The van der Waals surface area contributed by atoms with Crippen molar-refractivity contribution in [1.82, 2.24) is 0 Å². The topological polar surface area (TPSA) is 73.3 Å². The second kappa shape index (κ2) is 4.86. The minimum Gasteiger partial charge on any atom is -0.456 e. The van der Waals surface area contributed by atoms with Crippen LogP contribution in [0.25, 0.3) is 22.3 Å².